The second kappa shape index (κ2) is 5.67. The molecule has 3 nitrogen and oxygen atoms in total. The second-order valence-corrected chi connectivity index (χ2v) is 4.08. The molecule has 0 aliphatic carbocycles. The second-order valence-electron chi connectivity index (χ2n) is 2.91. The molecule has 0 aromatic heterocycles. The zero-order valence-electron chi connectivity index (χ0n) is 7.90. The number of primary amides is 1. The SMILES string of the molecule is NCc1ccc(SCCC(N)=O)cc1. The molecule has 4 heteroatoms. The van der Waals surface area contributed by atoms with E-state index in [0.717, 1.165) is 16.2 Å². The molecule has 0 aliphatic rings. The van der Waals surface area contributed by atoms with Crippen LogP contribution in [0, 0.1) is 0 Å². The molecule has 0 unspecified atom stereocenters. The number of benzene rings is 1. The van der Waals surface area contributed by atoms with Crippen LogP contribution in [-0.4, -0.2) is 11.7 Å². The molecule has 0 heterocycles. The fourth-order valence-corrected chi connectivity index (χ4v) is 1.86. The van der Waals surface area contributed by atoms with Gasteiger partial charge in [0.2, 0.25) is 5.91 Å². The molecule has 14 heavy (non-hydrogen) atoms. The zero-order valence-corrected chi connectivity index (χ0v) is 8.72. The molecule has 4 N–H and O–H groups in total. The van der Waals surface area contributed by atoms with E-state index in [-0.39, 0.29) is 5.91 Å². The Morgan fingerprint density at radius 3 is 2.43 bits per heavy atom. The Balaban J connectivity index is 2.40. The minimum absolute atomic E-state index is 0.254. The standard InChI is InChI=1S/C10H14N2OS/c11-7-8-1-3-9(4-2-8)14-6-5-10(12)13/h1-4H,5-7,11H2,(H2,12,13). The van der Waals surface area contributed by atoms with E-state index < -0.39 is 0 Å². The molecule has 1 amide bonds. The normalized spacial score (nSPS) is 10.1. The van der Waals surface area contributed by atoms with E-state index >= 15 is 0 Å². The van der Waals surface area contributed by atoms with Gasteiger partial charge in [-0.1, -0.05) is 12.1 Å². The van der Waals surface area contributed by atoms with Gasteiger partial charge in [0.15, 0.2) is 0 Å². The monoisotopic (exact) mass is 210 g/mol. The molecule has 0 spiro atoms. The highest BCUT2D eigenvalue weighted by molar-refractivity contribution is 7.99. The quantitative estimate of drug-likeness (QED) is 0.715. The highest BCUT2D eigenvalue weighted by Crippen LogP contribution is 2.18. The van der Waals surface area contributed by atoms with Crippen LogP contribution in [-0.2, 0) is 11.3 Å². The van der Waals surface area contributed by atoms with Crippen molar-refractivity contribution < 1.29 is 4.79 Å². The lowest BCUT2D eigenvalue weighted by molar-refractivity contribution is -0.117. The number of nitrogens with two attached hydrogens (primary N) is 2. The minimum atomic E-state index is -0.254. The van der Waals surface area contributed by atoms with Crippen LogP contribution in [0.4, 0.5) is 0 Å². The summed E-state index contributed by atoms with van der Waals surface area (Å²) in [6, 6.07) is 8.00. The summed E-state index contributed by atoms with van der Waals surface area (Å²) in [5.41, 5.74) is 11.6. The molecule has 0 saturated heterocycles. The van der Waals surface area contributed by atoms with Crippen LogP contribution in [0.2, 0.25) is 0 Å². The van der Waals surface area contributed by atoms with Crippen LogP contribution in [0.3, 0.4) is 0 Å². The lowest BCUT2D eigenvalue weighted by Gasteiger charge is -2.01. The Bertz CT molecular complexity index is 297. The summed E-state index contributed by atoms with van der Waals surface area (Å²) in [6.45, 7) is 0.562. The molecule has 0 saturated carbocycles. The highest BCUT2D eigenvalue weighted by Gasteiger charge is 1.97. The van der Waals surface area contributed by atoms with Crippen molar-refractivity contribution in [3.05, 3.63) is 29.8 Å². The number of carbonyl (C=O) groups is 1. The van der Waals surface area contributed by atoms with Crippen molar-refractivity contribution in [2.75, 3.05) is 5.75 Å². The third-order valence-corrected chi connectivity index (χ3v) is 2.79. The maximum absolute atomic E-state index is 10.5. The molecule has 1 aromatic carbocycles. The van der Waals surface area contributed by atoms with E-state index in [1.54, 1.807) is 11.8 Å². The Morgan fingerprint density at radius 2 is 1.93 bits per heavy atom. The summed E-state index contributed by atoms with van der Waals surface area (Å²) < 4.78 is 0. The third-order valence-electron chi connectivity index (χ3n) is 1.78. The fraction of sp³-hybridized carbons (Fsp3) is 0.300. The Labute approximate surface area is 87.9 Å². The lowest BCUT2D eigenvalue weighted by Crippen LogP contribution is -2.10. The third kappa shape index (κ3) is 3.81. The van der Waals surface area contributed by atoms with Gasteiger partial charge >= 0.3 is 0 Å². The predicted molar refractivity (Wildman–Crippen MR) is 58.9 cm³/mol. The molecule has 76 valence electrons. The largest absolute Gasteiger partial charge is 0.370 e. The van der Waals surface area contributed by atoms with Crippen LogP contribution in [0.15, 0.2) is 29.2 Å². The fourth-order valence-electron chi connectivity index (χ4n) is 0.991. The number of amides is 1. The maximum Gasteiger partial charge on any atom is 0.218 e. The lowest BCUT2D eigenvalue weighted by atomic mass is 10.2. The summed E-state index contributed by atoms with van der Waals surface area (Å²) in [7, 11) is 0. The molecule has 0 fully saturated rings. The molecule has 0 bridgehead atoms. The number of rotatable bonds is 5. The summed E-state index contributed by atoms with van der Waals surface area (Å²) in [5, 5.41) is 0. The first kappa shape index (κ1) is 11.1. The average Bonchev–Trinajstić information content (AvgIpc) is 2.18. The van der Waals surface area contributed by atoms with Gasteiger partial charge in [0.1, 0.15) is 0 Å². The van der Waals surface area contributed by atoms with Crippen molar-refractivity contribution in [1.29, 1.82) is 0 Å². The Morgan fingerprint density at radius 1 is 1.29 bits per heavy atom. The average molecular weight is 210 g/mol. The van der Waals surface area contributed by atoms with E-state index in [1.807, 2.05) is 24.3 Å². The van der Waals surface area contributed by atoms with Gasteiger partial charge in [-0.2, -0.15) is 0 Å². The minimum Gasteiger partial charge on any atom is -0.370 e. The van der Waals surface area contributed by atoms with Gasteiger partial charge in [0, 0.05) is 23.6 Å². The van der Waals surface area contributed by atoms with Gasteiger partial charge in [-0.25, -0.2) is 0 Å². The van der Waals surface area contributed by atoms with E-state index in [1.165, 1.54) is 0 Å². The first-order valence-electron chi connectivity index (χ1n) is 4.42. The summed E-state index contributed by atoms with van der Waals surface area (Å²) in [5.74, 6) is 0.480. The van der Waals surface area contributed by atoms with Crippen molar-refractivity contribution in [3.8, 4) is 0 Å². The molecular formula is C10H14N2OS. The van der Waals surface area contributed by atoms with E-state index in [0.29, 0.717) is 13.0 Å². The van der Waals surface area contributed by atoms with Gasteiger partial charge in [-0.15, -0.1) is 11.8 Å². The summed E-state index contributed by atoms with van der Waals surface area (Å²) >= 11 is 1.63. The molecule has 0 radical (unpaired) electrons. The van der Waals surface area contributed by atoms with Crippen molar-refractivity contribution in [2.24, 2.45) is 11.5 Å². The Hall–Kier alpha value is -1.00. The van der Waals surface area contributed by atoms with Crippen molar-refractivity contribution in [2.45, 2.75) is 17.9 Å². The number of hydrogen-bond acceptors (Lipinski definition) is 3. The maximum atomic E-state index is 10.5. The first-order chi connectivity index (χ1) is 6.72. The summed E-state index contributed by atoms with van der Waals surface area (Å²) in [4.78, 5) is 11.6. The van der Waals surface area contributed by atoms with Crippen LogP contribution in [0.25, 0.3) is 0 Å². The number of hydrogen-bond donors (Lipinski definition) is 2. The van der Waals surface area contributed by atoms with Crippen LogP contribution < -0.4 is 11.5 Å². The first-order valence-corrected chi connectivity index (χ1v) is 5.41. The van der Waals surface area contributed by atoms with Gasteiger partial charge in [-0.3, -0.25) is 4.79 Å². The van der Waals surface area contributed by atoms with Crippen LogP contribution in [0.1, 0.15) is 12.0 Å². The summed E-state index contributed by atoms with van der Waals surface area (Å²) in [6.07, 6.45) is 0.420. The topological polar surface area (TPSA) is 69.1 Å². The number of carbonyl (C=O) groups excluding carboxylic acids is 1. The van der Waals surface area contributed by atoms with E-state index in [2.05, 4.69) is 0 Å². The van der Waals surface area contributed by atoms with Gasteiger partial charge in [-0.05, 0) is 17.7 Å². The van der Waals surface area contributed by atoms with Gasteiger partial charge in [0.05, 0.1) is 0 Å². The van der Waals surface area contributed by atoms with E-state index in [4.69, 9.17) is 11.5 Å². The van der Waals surface area contributed by atoms with Crippen molar-refractivity contribution >= 4 is 17.7 Å². The zero-order chi connectivity index (χ0) is 10.4. The Kier molecular flexibility index (Phi) is 4.49. The molecule has 1 aromatic rings. The highest BCUT2D eigenvalue weighted by atomic mass is 32.2. The van der Waals surface area contributed by atoms with Crippen LogP contribution in [0.5, 0.6) is 0 Å². The molecular weight excluding hydrogens is 196 g/mol. The van der Waals surface area contributed by atoms with E-state index in [9.17, 15) is 4.79 Å². The smallest absolute Gasteiger partial charge is 0.218 e. The molecule has 1 rings (SSSR count). The van der Waals surface area contributed by atoms with Crippen LogP contribution >= 0.6 is 11.8 Å². The molecule has 0 aliphatic heterocycles. The number of thioether (sulfide) groups is 1. The van der Waals surface area contributed by atoms with Gasteiger partial charge in [0.25, 0.3) is 0 Å². The molecule has 0 atom stereocenters. The van der Waals surface area contributed by atoms with Crippen molar-refractivity contribution in [3.63, 3.8) is 0 Å². The predicted octanol–water partition coefficient (Wildman–Crippen LogP) is 1.11. The van der Waals surface area contributed by atoms with Crippen molar-refractivity contribution in [1.82, 2.24) is 0 Å². The van der Waals surface area contributed by atoms with Gasteiger partial charge < -0.3 is 11.5 Å².